The summed E-state index contributed by atoms with van der Waals surface area (Å²) in [6.45, 7) is 3.64. The zero-order valence-electron chi connectivity index (χ0n) is 15.7. The molecule has 2 amide bonds. The summed E-state index contributed by atoms with van der Waals surface area (Å²) in [7, 11) is 0. The number of aliphatic imine (C=N–C) groups is 1. The Morgan fingerprint density at radius 1 is 0.964 bits per heavy atom. The Morgan fingerprint density at radius 3 is 2.21 bits per heavy atom. The monoisotopic (exact) mass is 401 g/mol. The first-order valence-corrected chi connectivity index (χ1v) is 9.27. The van der Waals surface area contributed by atoms with Crippen molar-refractivity contribution in [3.8, 4) is 0 Å². The van der Waals surface area contributed by atoms with Gasteiger partial charge in [0.1, 0.15) is 0 Å². The third-order valence-corrected chi connectivity index (χ3v) is 4.03. The molecule has 2 aromatic rings. The molecule has 148 valence electrons. The van der Waals surface area contributed by atoms with Gasteiger partial charge in [-0.15, -0.1) is 0 Å². The number of hydrogen-bond donors (Lipinski definition) is 4. The zero-order valence-corrected chi connectivity index (χ0v) is 16.4. The third-order valence-electron chi connectivity index (χ3n) is 3.78. The minimum Gasteiger partial charge on any atom is -0.368 e. The van der Waals surface area contributed by atoms with E-state index >= 15 is 0 Å². The fourth-order valence-corrected chi connectivity index (χ4v) is 2.46. The minimum atomic E-state index is -0.582. The summed E-state index contributed by atoms with van der Waals surface area (Å²) < 4.78 is 0. The summed E-state index contributed by atoms with van der Waals surface area (Å²) in [4.78, 5) is 27.2. The number of carbonyl (C=O) groups excluding carboxylic acids is 2. The summed E-state index contributed by atoms with van der Waals surface area (Å²) in [6, 6.07) is 14.6. The van der Waals surface area contributed by atoms with Gasteiger partial charge in [0.15, 0.2) is 5.96 Å². The van der Waals surface area contributed by atoms with E-state index in [-0.39, 0.29) is 12.5 Å². The van der Waals surface area contributed by atoms with E-state index in [1.54, 1.807) is 12.1 Å². The van der Waals surface area contributed by atoms with E-state index in [1.165, 1.54) is 0 Å². The molecule has 0 atom stereocenters. The van der Waals surface area contributed by atoms with E-state index in [2.05, 4.69) is 20.9 Å². The molecule has 0 aliphatic heterocycles. The van der Waals surface area contributed by atoms with Gasteiger partial charge in [0.05, 0.1) is 13.1 Å². The number of benzene rings is 2. The number of amides is 2. The van der Waals surface area contributed by atoms with Crippen LogP contribution in [0.5, 0.6) is 0 Å². The second kappa shape index (κ2) is 10.9. The standard InChI is InChI=1S/C20H24ClN5O2/c1-2-23-20(26-12-15-5-9-17(21)10-6-15)25-11-14-3-7-16(8-4-14)19(28)24-13-18(22)27/h3-10H,2,11-13H2,1H3,(H2,22,27)(H,24,28)(H2,23,25,26). The van der Waals surface area contributed by atoms with Crippen LogP contribution in [0.25, 0.3) is 0 Å². The van der Waals surface area contributed by atoms with Gasteiger partial charge in [-0.3, -0.25) is 9.59 Å². The number of halogens is 1. The maximum absolute atomic E-state index is 11.9. The molecule has 0 heterocycles. The van der Waals surface area contributed by atoms with Crippen molar-refractivity contribution in [3.63, 3.8) is 0 Å². The molecule has 0 saturated carbocycles. The van der Waals surface area contributed by atoms with E-state index in [1.807, 2.05) is 43.3 Å². The second-order valence-corrected chi connectivity index (χ2v) is 6.46. The quantitative estimate of drug-likeness (QED) is 0.399. The van der Waals surface area contributed by atoms with Gasteiger partial charge < -0.3 is 21.7 Å². The first-order valence-electron chi connectivity index (χ1n) is 8.90. The Labute approximate surface area is 169 Å². The fourth-order valence-electron chi connectivity index (χ4n) is 2.33. The summed E-state index contributed by atoms with van der Waals surface area (Å²) >= 11 is 5.90. The molecule has 0 aromatic heterocycles. The highest BCUT2D eigenvalue weighted by Gasteiger charge is 2.06. The van der Waals surface area contributed by atoms with Crippen molar-refractivity contribution in [2.75, 3.05) is 13.1 Å². The molecule has 28 heavy (non-hydrogen) atoms. The number of carbonyl (C=O) groups is 2. The van der Waals surface area contributed by atoms with Crippen LogP contribution in [0, 0.1) is 0 Å². The van der Waals surface area contributed by atoms with Crippen molar-refractivity contribution in [3.05, 3.63) is 70.2 Å². The van der Waals surface area contributed by atoms with E-state index in [0.717, 1.165) is 17.7 Å². The van der Waals surface area contributed by atoms with Gasteiger partial charge in [-0.05, 0) is 42.3 Å². The average molecular weight is 402 g/mol. The Balaban J connectivity index is 1.93. The van der Waals surface area contributed by atoms with Crippen LogP contribution in [-0.4, -0.2) is 30.9 Å². The molecular weight excluding hydrogens is 378 g/mol. The largest absolute Gasteiger partial charge is 0.368 e. The van der Waals surface area contributed by atoms with Crippen molar-refractivity contribution < 1.29 is 9.59 Å². The Hall–Kier alpha value is -3.06. The molecule has 8 heteroatoms. The number of nitrogens with zero attached hydrogens (tertiary/aromatic N) is 1. The smallest absolute Gasteiger partial charge is 0.251 e. The van der Waals surface area contributed by atoms with Gasteiger partial charge in [0, 0.05) is 23.7 Å². The molecule has 0 spiro atoms. The topological polar surface area (TPSA) is 109 Å². The molecular formula is C20H24ClN5O2. The van der Waals surface area contributed by atoms with Gasteiger partial charge in [0.2, 0.25) is 5.91 Å². The highest BCUT2D eigenvalue weighted by atomic mass is 35.5. The van der Waals surface area contributed by atoms with Crippen LogP contribution in [0.1, 0.15) is 28.4 Å². The van der Waals surface area contributed by atoms with E-state index in [0.29, 0.717) is 29.6 Å². The van der Waals surface area contributed by atoms with Crippen molar-refractivity contribution >= 4 is 29.4 Å². The van der Waals surface area contributed by atoms with Gasteiger partial charge in [-0.2, -0.15) is 0 Å². The van der Waals surface area contributed by atoms with Gasteiger partial charge in [-0.1, -0.05) is 35.9 Å². The average Bonchev–Trinajstić information content (AvgIpc) is 2.70. The molecule has 2 rings (SSSR count). The number of nitrogens with one attached hydrogen (secondary N) is 3. The fraction of sp³-hybridized carbons (Fsp3) is 0.250. The Bertz CT molecular complexity index is 819. The molecule has 5 N–H and O–H groups in total. The van der Waals surface area contributed by atoms with Gasteiger partial charge in [0.25, 0.3) is 5.91 Å². The Morgan fingerprint density at radius 2 is 1.61 bits per heavy atom. The predicted octanol–water partition coefficient (Wildman–Crippen LogP) is 1.81. The van der Waals surface area contributed by atoms with E-state index in [4.69, 9.17) is 17.3 Å². The number of guanidine groups is 1. The molecule has 0 radical (unpaired) electrons. The molecule has 0 bridgehead atoms. The molecule has 0 unspecified atom stereocenters. The number of nitrogens with two attached hydrogens (primary N) is 1. The van der Waals surface area contributed by atoms with E-state index < -0.39 is 5.91 Å². The summed E-state index contributed by atoms with van der Waals surface area (Å²) in [5.41, 5.74) is 7.53. The Kier molecular flexibility index (Phi) is 8.30. The molecule has 0 aliphatic carbocycles. The number of hydrogen-bond acceptors (Lipinski definition) is 3. The highest BCUT2D eigenvalue weighted by molar-refractivity contribution is 6.30. The summed E-state index contributed by atoms with van der Waals surface area (Å²) in [5, 5.41) is 9.62. The predicted molar refractivity (Wildman–Crippen MR) is 111 cm³/mol. The normalized spacial score (nSPS) is 11.0. The molecule has 0 aliphatic rings. The van der Waals surface area contributed by atoms with Crippen LogP contribution in [0.3, 0.4) is 0 Å². The lowest BCUT2D eigenvalue weighted by Crippen LogP contribution is -2.36. The van der Waals surface area contributed by atoms with Crippen molar-refractivity contribution in [2.45, 2.75) is 20.0 Å². The summed E-state index contributed by atoms with van der Waals surface area (Å²) in [6.07, 6.45) is 0. The van der Waals surface area contributed by atoms with Crippen molar-refractivity contribution in [2.24, 2.45) is 10.7 Å². The number of primary amides is 1. The van der Waals surface area contributed by atoms with Crippen LogP contribution in [0.2, 0.25) is 5.02 Å². The van der Waals surface area contributed by atoms with Crippen molar-refractivity contribution in [1.29, 1.82) is 0 Å². The lowest BCUT2D eigenvalue weighted by molar-refractivity contribution is -0.117. The first-order chi connectivity index (χ1) is 13.5. The van der Waals surface area contributed by atoms with Gasteiger partial charge in [-0.25, -0.2) is 4.99 Å². The maximum atomic E-state index is 11.9. The molecule has 0 saturated heterocycles. The molecule has 2 aromatic carbocycles. The second-order valence-electron chi connectivity index (χ2n) is 6.02. The number of rotatable bonds is 8. The maximum Gasteiger partial charge on any atom is 0.251 e. The third kappa shape index (κ3) is 7.28. The van der Waals surface area contributed by atoms with Crippen molar-refractivity contribution in [1.82, 2.24) is 16.0 Å². The molecule has 0 fully saturated rings. The minimum absolute atomic E-state index is 0.184. The highest BCUT2D eigenvalue weighted by Crippen LogP contribution is 2.09. The van der Waals surface area contributed by atoms with Crippen LogP contribution in [0.15, 0.2) is 53.5 Å². The zero-order chi connectivity index (χ0) is 20.4. The van der Waals surface area contributed by atoms with Crippen LogP contribution in [0.4, 0.5) is 0 Å². The van der Waals surface area contributed by atoms with E-state index in [9.17, 15) is 9.59 Å². The lowest BCUT2D eigenvalue weighted by Gasteiger charge is -2.11. The lowest BCUT2D eigenvalue weighted by atomic mass is 10.1. The van der Waals surface area contributed by atoms with Crippen LogP contribution < -0.4 is 21.7 Å². The van der Waals surface area contributed by atoms with Crippen LogP contribution in [-0.2, 0) is 17.9 Å². The summed E-state index contributed by atoms with van der Waals surface area (Å²) in [5.74, 6) is -0.228. The molecule has 7 nitrogen and oxygen atoms in total. The van der Waals surface area contributed by atoms with Crippen LogP contribution >= 0.6 is 11.6 Å². The van der Waals surface area contributed by atoms with Gasteiger partial charge >= 0.3 is 0 Å². The SMILES string of the molecule is CCNC(=NCc1ccc(C(=O)NCC(N)=O)cc1)NCc1ccc(Cl)cc1. The first kappa shape index (κ1) is 21.2.